The lowest BCUT2D eigenvalue weighted by atomic mass is 10.2. The Morgan fingerprint density at radius 1 is 1.56 bits per heavy atom. The molecule has 0 fully saturated rings. The Bertz CT molecular complexity index is 460. The predicted molar refractivity (Wildman–Crippen MR) is 69.4 cm³/mol. The van der Waals surface area contributed by atoms with E-state index < -0.39 is 0 Å². The molecule has 0 saturated heterocycles. The molecule has 0 unspecified atom stereocenters. The lowest BCUT2D eigenvalue weighted by molar-refractivity contribution is 0.415. The van der Waals surface area contributed by atoms with E-state index in [1.54, 1.807) is 13.3 Å². The Kier molecular flexibility index (Phi) is 5.19. The summed E-state index contributed by atoms with van der Waals surface area (Å²) in [4.78, 5) is 0. The number of hydrazone groups is 1. The van der Waals surface area contributed by atoms with E-state index in [-0.39, 0.29) is 12.4 Å². The van der Waals surface area contributed by atoms with Crippen molar-refractivity contribution in [3.8, 4) is 11.8 Å². The largest absolute Gasteiger partial charge is 0.497 e. The number of nitriles is 1. The number of nitrogens with one attached hydrogen (secondary N) is 1. The molecule has 3 N–H and O–H groups in total. The highest BCUT2D eigenvalue weighted by Crippen LogP contribution is 2.09. The van der Waals surface area contributed by atoms with Crippen LogP contribution in [0.1, 0.15) is 12.0 Å². The monoisotopic (exact) mass is 245 g/mol. The van der Waals surface area contributed by atoms with E-state index in [9.17, 15) is 0 Å². The third-order valence-electron chi connectivity index (χ3n) is 2.18. The molecule has 94 valence electrons. The smallest absolute Gasteiger partial charge is 0.209 e. The van der Waals surface area contributed by atoms with Crippen molar-refractivity contribution in [2.45, 2.75) is 6.42 Å². The van der Waals surface area contributed by atoms with Crippen LogP contribution in [0, 0.1) is 16.7 Å². The Labute approximate surface area is 106 Å². The van der Waals surface area contributed by atoms with Gasteiger partial charge in [0.15, 0.2) is 0 Å². The third-order valence-corrected chi connectivity index (χ3v) is 2.18. The van der Waals surface area contributed by atoms with Crippen molar-refractivity contribution >= 4 is 12.2 Å². The van der Waals surface area contributed by atoms with Gasteiger partial charge in [-0.05, 0) is 29.8 Å². The van der Waals surface area contributed by atoms with Gasteiger partial charge in [-0.15, -0.1) is 0 Å². The lowest BCUT2D eigenvalue weighted by Crippen LogP contribution is -2.32. The molecule has 0 aliphatic rings. The molecular formula is C12H15N5O. The minimum atomic E-state index is -0.185. The van der Waals surface area contributed by atoms with Crippen LogP contribution in [0.15, 0.2) is 29.4 Å². The Hall–Kier alpha value is -2.55. The second kappa shape index (κ2) is 6.91. The van der Waals surface area contributed by atoms with E-state index in [1.807, 2.05) is 30.3 Å². The molecule has 0 spiro atoms. The molecule has 1 rings (SSSR count). The number of nitrogens with two attached hydrogens (primary N) is 1. The zero-order valence-corrected chi connectivity index (χ0v) is 10.1. The predicted octanol–water partition coefficient (Wildman–Crippen LogP) is 1.14. The first kappa shape index (κ1) is 13.5. The quantitative estimate of drug-likeness (QED) is 0.461. The van der Waals surface area contributed by atoms with Crippen LogP contribution in [-0.2, 0) is 0 Å². The van der Waals surface area contributed by atoms with E-state index in [2.05, 4.69) is 5.10 Å². The van der Waals surface area contributed by atoms with Gasteiger partial charge in [-0.25, -0.2) is 5.01 Å². The topological polar surface area (TPSA) is 98.5 Å². The number of nitrogens with zero attached hydrogens (tertiary/aromatic N) is 3. The summed E-state index contributed by atoms with van der Waals surface area (Å²) < 4.78 is 5.04. The highest BCUT2D eigenvalue weighted by Gasteiger charge is 2.02. The van der Waals surface area contributed by atoms with Crippen molar-refractivity contribution in [3.63, 3.8) is 0 Å². The zero-order valence-electron chi connectivity index (χ0n) is 10.1. The van der Waals surface area contributed by atoms with Crippen LogP contribution < -0.4 is 10.5 Å². The van der Waals surface area contributed by atoms with Crippen LogP contribution in [0.2, 0.25) is 0 Å². The molecule has 6 heteroatoms. The summed E-state index contributed by atoms with van der Waals surface area (Å²) >= 11 is 0. The first-order chi connectivity index (χ1) is 8.67. The Balaban J connectivity index is 2.69. The van der Waals surface area contributed by atoms with E-state index in [0.717, 1.165) is 11.3 Å². The summed E-state index contributed by atoms with van der Waals surface area (Å²) in [5.41, 5.74) is 6.21. The van der Waals surface area contributed by atoms with Crippen LogP contribution in [0.25, 0.3) is 0 Å². The van der Waals surface area contributed by atoms with Gasteiger partial charge in [-0.3, -0.25) is 5.41 Å². The van der Waals surface area contributed by atoms with Gasteiger partial charge in [0.05, 0.1) is 32.4 Å². The second-order valence-corrected chi connectivity index (χ2v) is 3.43. The van der Waals surface area contributed by atoms with Gasteiger partial charge in [-0.1, -0.05) is 0 Å². The molecule has 0 atom stereocenters. The van der Waals surface area contributed by atoms with Crippen LogP contribution in [0.4, 0.5) is 0 Å². The van der Waals surface area contributed by atoms with E-state index in [4.69, 9.17) is 21.1 Å². The summed E-state index contributed by atoms with van der Waals surface area (Å²) in [5.74, 6) is 0.579. The fourth-order valence-electron chi connectivity index (χ4n) is 1.22. The van der Waals surface area contributed by atoms with Crippen LogP contribution in [0.3, 0.4) is 0 Å². The summed E-state index contributed by atoms with van der Waals surface area (Å²) in [6.45, 7) is 0.304. The third kappa shape index (κ3) is 4.14. The molecule has 0 saturated carbocycles. The van der Waals surface area contributed by atoms with Crippen molar-refractivity contribution in [1.82, 2.24) is 5.01 Å². The average Bonchev–Trinajstić information content (AvgIpc) is 2.39. The number of guanidine groups is 1. The number of ether oxygens (including phenoxy) is 1. The molecule has 6 nitrogen and oxygen atoms in total. The van der Waals surface area contributed by atoms with E-state index >= 15 is 0 Å². The lowest BCUT2D eigenvalue weighted by Gasteiger charge is -2.14. The van der Waals surface area contributed by atoms with Gasteiger partial charge in [0.25, 0.3) is 0 Å². The maximum atomic E-state index is 8.49. The van der Waals surface area contributed by atoms with E-state index in [1.165, 1.54) is 5.01 Å². The fraction of sp³-hybridized carbons (Fsp3) is 0.250. The first-order valence-corrected chi connectivity index (χ1v) is 5.34. The molecule has 0 heterocycles. The van der Waals surface area contributed by atoms with Crippen LogP contribution in [0.5, 0.6) is 5.75 Å². The highest BCUT2D eigenvalue weighted by atomic mass is 16.5. The Morgan fingerprint density at radius 2 is 2.22 bits per heavy atom. The number of hydrogen-bond acceptors (Lipinski definition) is 4. The standard InChI is InChI=1S/C12H15N5O/c1-18-11-5-3-10(4-6-11)9-16-17(12(14)15)8-2-7-13/h3-6,9H,2,8H2,1H3,(H3,14,15)/b16-9+. The maximum absolute atomic E-state index is 8.49. The first-order valence-electron chi connectivity index (χ1n) is 5.34. The molecule has 0 aromatic heterocycles. The molecule has 0 bridgehead atoms. The molecule has 0 amide bonds. The van der Waals surface area contributed by atoms with Crippen molar-refractivity contribution in [2.24, 2.45) is 10.8 Å². The molecule has 0 radical (unpaired) electrons. The molecule has 0 aliphatic carbocycles. The fourth-order valence-corrected chi connectivity index (χ4v) is 1.22. The second-order valence-electron chi connectivity index (χ2n) is 3.43. The normalized spacial score (nSPS) is 10.0. The van der Waals surface area contributed by atoms with Gasteiger partial charge >= 0.3 is 0 Å². The minimum Gasteiger partial charge on any atom is -0.497 e. The highest BCUT2D eigenvalue weighted by molar-refractivity contribution is 5.82. The van der Waals surface area contributed by atoms with Crippen LogP contribution >= 0.6 is 0 Å². The number of benzene rings is 1. The van der Waals surface area contributed by atoms with Crippen LogP contribution in [-0.4, -0.2) is 30.8 Å². The zero-order chi connectivity index (χ0) is 13.4. The summed E-state index contributed by atoms with van der Waals surface area (Å²) in [6.07, 6.45) is 1.84. The van der Waals surface area contributed by atoms with Crippen molar-refractivity contribution in [1.29, 1.82) is 10.7 Å². The maximum Gasteiger partial charge on any atom is 0.209 e. The Morgan fingerprint density at radius 3 is 2.72 bits per heavy atom. The van der Waals surface area contributed by atoms with Gasteiger partial charge in [-0.2, -0.15) is 10.4 Å². The summed E-state index contributed by atoms with van der Waals surface area (Å²) in [6, 6.07) is 9.29. The average molecular weight is 245 g/mol. The van der Waals surface area contributed by atoms with Crippen molar-refractivity contribution in [3.05, 3.63) is 29.8 Å². The number of methoxy groups -OCH3 is 1. The summed E-state index contributed by atoms with van der Waals surface area (Å²) in [5, 5.41) is 21.1. The molecular weight excluding hydrogens is 230 g/mol. The molecule has 1 aromatic rings. The molecule has 18 heavy (non-hydrogen) atoms. The SMILES string of the molecule is COc1ccc(/C=N/N(CCC#N)C(=N)N)cc1. The summed E-state index contributed by atoms with van der Waals surface area (Å²) in [7, 11) is 1.60. The molecule has 0 aliphatic heterocycles. The number of rotatable bonds is 5. The molecule has 1 aromatic carbocycles. The van der Waals surface area contributed by atoms with Gasteiger partial charge in [0.2, 0.25) is 5.96 Å². The van der Waals surface area contributed by atoms with Crippen molar-refractivity contribution in [2.75, 3.05) is 13.7 Å². The van der Waals surface area contributed by atoms with Gasteiger partial charge in [0, 0.05) is 0 Å². The van der Waals surface area contributed by atoms with Crippen molar-refractivity contribution < 1.29 is 4.74 Å². The van der Waals surface area contributed by atoms with E-state index in [0.29, 0.717) is 6.54 Å². The number of hydrogen-bond donors (Lipinski definition) is 2. The minimum absolute atomic E-state index is 0.185. The van der Waals surface area contributed by atoms with Gasteiger partial charge in [0.1, 0.15) is 5.75 Å². The van der Waals surface area contributed by atoms with Gasteiger partial charge < -0.3 is 10.5 Å².